The predicted octanol–water partition coefficient (Wildman–Crippen LogP) is 0.442. The molecule has 0 saturated carbocycles. The zero-order valence-electron chi connectivity index (χ0n) is 14.2. The van der Waals surface area contributed by atoms with Crippen molar-refractivity contribution in [2.45, 2.75) is 50.4 Å². The van der Waals surface area contributed by atoms with Gasteiger partial charge in [0.15, 0.2) is 0 Å². The summed E-state index contributed by atoms with van der Waals surface area (Å²) in [7, 11) is -1.38. The van der Waals surface area contributed by atoms with Crippen LogP contribution in [0.15, 0.2) is 0 Å². The normalized spacial score (nSPS) is 19.9. The van der Waals surface area contributed by atoms with E-state index in [9.17, 15) is 14.7 Å². The van der Waals surface area contributed by atoms with E-state index in [0.717, 1.165) is 13.0 Å². The van der Waals surface area contributed by atoms with Crippen molar-refractivity contribution in [3.05, 3.63) is 0 Å². The predicted molar refractivity (Wildman–Crippen MR) is 99.3 cm³/mol. The lowest BCUT2D eigenvalue weighted by Crippen LogP contribution is -2.51. The van der Waals surface area contributed by atoms with E-state index in [2.05, 4.69) is 0 Å². The first-order valence-corrected chi connectivity index (χ1v) is 8.08. The minimum absolute atomic E-state index is 0. The Labute approximate surface area is 160 Å². The number of nitrogens with two attached hydrogens (primary N) is 1. The van der Waals surface area contributed by atoms with Gasteiger partial charge in [-0.25, -0.2) is 0 Å². The van der Waals surface area contributed by atoms with Crippen LogP contribution in [0.5, 0.6) is 0 Å². The summed E-state index contributed by atoms with van der Waals surface area (Å²) in [5, 5.41) is 36.0. The Morgan fingerprint density at radius 1 is 1.16 bits per heavy atom. The Bertz CT molecular complexity index is 419. The highest BCUT2D eigenvalue weighted by Crippen LogP contribution is 2.21. The van der Waals surface area contributed by atoms with Crippen molar-refractivity contribution in [1.82, 2.24) is 4.90 Å². The molecule has 1 unspecified atom stereocenters. The average Bonchev–Trinajstić information content (AvgIpc) is 2.49. The minimum Gasteiger partial charge on any atom is -0.481 e. The number of halogens is 2. The van der Waals surface area contributed by atoms with Crippen LogP contribution in [-0.2, 0) is 9.59 Å². The Balaban J connectivity index is 0. The van der Waals surface area contributed by atoms with Gasteiger partial charge in [0, 0.05) is 13.1 Å². The van der Waals surface area contributed by atoms with Gasteiger partial charge in [-0.15, -0.1) is 24.8 Å². The molecule has 0 bridgehead atoms. The number of carboxylic acids is 2. The van der Waals surface area contributed by atoms with Crippen molar-refractivity contribution in [2.24, 2.45) is 11.7 Å². The number of nitrogens with zero attached hydrogens (tertiary/aromatic N) is 1. The summed E-state index contributed by atoms with van der Waals surface area (Å²) in [5.41, 5.74) is 4.64. The summed E-state index contributed by atoms with van der Waals surface area (Å²) in [6.45, 7) is 1.65. The highest BCUT2D eigenvalue weighted by atomic mass is 35.5. The number of hydrogen-bond donors (Lipinski definition) is 5. The second-order valence-corrected chi connectivity index (χ2v) is 6.42. The summed E-state index contributed by atoms with van der Waals surface area (Å²) >= 11 is 0. The largest absolute Gasteiger partial charge is 0.481 e. The molecule has 0 aromatic heterocycles. The first-order chi connectivity index (χ1) is 10.7. The van der Waals surface area contributed by atoms with E-state index in [1.165, 1.54) is 0 Å². The fourth-order valence-corrected chi connectivity index (χ4v) is 2.92. The van der Waals surface area contributed by atoms with Gasteiger partial charge < -0.3 is 30.9 Å². The Morgan fingerprint density at radius 2 is 1.80 bits per heavy atom. The van der Waals surface area contributed by atoms with Gasteiger partial charge in [0.05, 0.1) is 5.92 Å². The Morgan fingerprint density at radius 3 is 2.32 bits per heavy atom. The lowest BCUT2D eigenvalue weighted by molar-refractivity contribution is -0.146. The van der Waals surface area contributed by atoms with E-state index in [-0.39, 0.29) is 44.0 Å². The topological polar surface area (TPSA) is 144 Å². The average molecular weight is 403 g/mol. The smallest absolute Gasteiger partial charge is 0.451 e. The van der Waals surface area contributed by atoms with E-state index in [0.29, 0.717) is 32.4 Å². The molecule has 148 valence electrons. The quantitative estimate of drug-likeness (QED) is 0.261. The van der Waals surface area contributed by atoms with Crippen LogP contribution in [0, 0.1) is 5.92 Å². The van der Waals surface area contributed by atoms with Crippen molar-refractivity contribution < 1.29 is 29.9 Å². The van der Waals surface area contributed by atoms with Crippen molar-refractivity contribution in [3.63, 3.8) is 0 Å². The van der Waals surface area contributed by atoms with Crippen LogP contribution >= 0.6 is 24.8 Å². The molecule has 8 nitrogen and oxygen atoms in total. The molecule has 11 heteroatoms. The molecule has 1 aliphatic rings. The van der Waals surface area contributed by atoms with Gasteiger partial charge in [-0.3, -0.25) is 9.59 Å². The molecule has 1 aliphatic heterocycles. The number of carbonyl (C=O) groups is 2. The van der Waals surface area contributed by atoms with Crippen LogP contribution in [0.4, 0.5) is 0 Å². The minimum atomic E-state index is -1.38. The standard InChI is InChI=1S/C14H27BN2O6.2ClH/c16-14(13(20)21,5-1-2-7-15(22)23)6-9-17-8-3-4-11(10-17)12(18)19;;/h11,22-23H,1-10,16H2,(H,18,19)(H,20,21);2*1H/t11-,14?;;/m0../s1. The lowest BCUT2D eigenvalue weighted by Gasteiger charge is -2.33. The fourth-order valence-electron chi connectivity index (χ4n) is 2.92. The molecule has 1 fully saturated rings. The molecule has 1 rings (SSSR count). The molecule has 6 N–H and O–H groups in total. The summed E-state index contributed by atoms with van der Waals surface area (Å²) in [6, 6.07) is 0. The van der Waals surface area contributed by atoms with Crippen LogP contribution in [0.2, 0.25) is 6.32 Å². The van der Waals surface area contributed by atoms with Crippen molar-refractivity contribution >= 4 is 43.9 Å². The van der Waals surface area contributed by atoms with Gasteiger partial charge in [-0.05, 0) is 38.5 Å². The van der Waals surface area contributed by atoms with E-state index in [1.54, 1.807) is 0 Å². The van der Waals surface area contributed by atoms with Crippen molar-refractivity contribution in [3.8, 4) is 0 Å². The molecular weight excluding hydrogens is 374 g/mol. The highest BCUT2D eigenvalue weighted by Gasteiger charge is 2.34. The molecule has 0 aromatic rings. The molecule has 25 heavy (non-hydrogen) atoms. The molecule has 1 heterocycles. The van der Waals surface area contributed by atoms with E-state index in [4.69, 9.17) is 20.9 Å². The number of carboxylic acid groups (broad SMARTS) is 2. The fraction of sp³-hybridized carbons (Fsp3) is 0.857. The third-order valence-electron chi connectivity index (χ3n) is 4.49. The SMILES string of the molecule is Cl.Cl.NC(CCCCB(O)O)(CCN1CCC[C@H](C(=O)O)C1)C(=O)O. The molecule has 0 spiro atoms. The lowest BCUT2D eigenvalue weighted by atomic mass is 9.81. The second kappa shape index (κ2) is 12.7. The maximum Gasteiger partial charge on any atom is 0.451 e. The van der Waals surface area contributed by atoms with Crippen LogP contribution in [0.25, 0.3) is 0 Å². The number of rotatable bonds is 10. The van der Waals surface area contributed by atoms with Gasteiger partial charge in [0.1, 0.15) is 5.54 Å². The monoisotopic (exact) mass is 402 g/mol. The second-order valence-electron chi connectivity index (χ2n) is 6.42. The van der Waals surface area contributed by atoms with Crippen LogP contribution in [-0.4, -0.2) is 69.4 Å². The number of piperidine rings is 1. The first-order valence-electron chi connectivity index (χ1n) is 8.08. The Kier molecular flexibility index (Phi) is 13.6. The van der Waals surface area contributed by atoms with Gasteiger partial charge in [0.25, 0.3) is 0 Å². The molecule has 0 aliphatic carbocycles. The summed E-state index contributed by atoms with van der Waals surface area (Å²) in [6.07, 6.45) is 3.13. The summed E-state index contributed by atoms with van der Waals surface area (Å²) in [5.74, 6) is -2.28. The molecule has 0 radical (unpaired) electrons. The number of aliphatic carboxylic acids is 2. The molecule has 0 amide bonds. The third-order valence-corrected chi connectivity index (χ3v) is 4.49. The molecule has 2 atom stereocenters. The van der Waals surface area contributed by atoms with E-state index < -0.39 is 30.5 Å². The van der Waals surface area contributed by atoms with Crippen molar-refractivity contribution in [2.75, 3.05) is 19.6 Å². The van der Waals surface area contributed by atoms with Crippen LogP contribution in [0.3, 0.4) is 0 Å². The van der Waals surface area contributed by atoms with Gasteiger partial charge in [0.2, 0.25) is 0 Å². The molecule has 0 aromatic carbocycles. The first kappa shape index (κ1) is 26.7. The maximum atomic E-state index is 11.5. The van der Waals surface area contributed by atoms with Gasteiger partial charge in [-0.2, -0.15) is 0 Å². The number of hydrogen-bond acceptors (Lipinski definition) is 6. The van der Waals surface area contributed by atoms with Crippen LogP contribution in [0.1, 0.15) is 38.5 Å². The zero-order chi connectivity index (χ0) is 17.5. The van der Waals surface area contributed by atoms with Gasteiger partial charge >= 0.3 is 19.1 Å². The summed E-state index contributed by atoms with van der Waals surface area (Å²) in [4.78, 5) is 24.5. The van der Waals surface area contributed by atoms with Crippen molar-refractivity contribution in [1.29, 1.82) is 0 Å². The number of unbranched alkanes of at least 4 members (excludes halogenated alkanes) is 1. The highest BCUT2D eigenvalue weighted by molar-refractivity contribution is 6.40. The van der Waals surface area contributed by atoms with Gasteiger partial charge in [-0.1, -0.05) is 12.8 Å². The van der Waals surface area contributed by atoms with Crippen LogP contribution < -0.4 is 5.73 Å². The molecule has 1 saturated heterocycles. The maximum absolute atomic E-state index is 11.5. The third kappa shape index (κ3) is 9.62. The zero-order valence-corrected chi connectivity index (χ0v) is 15.8. The van der Waals surface area contributed by atoms with E-state index in [1.807, 2.05) is 4.90 Å². The molecular formula is C14H29BCl2N2O6. The van der Waals surface area contributed by atoms with E-state index >= 15 is 0 Å². The Hall–Kier alpha value is -0.575. The number of likely N-dealkylation sites (tertiary alicyclic amines) is 1. The summed E-state index contributed by atoms with van der Waals surface area (Å²) < 4.78 is 0.